The maximum absolute atomic E-state index is 14.2. The van der Waals surface area contributed by atoms with Gasteiger partial charge in [0.05, 0.1) is 5.69 Å². The van der Waals surface area contributed by atoms with Crippen LogP contribution in [0.4, 0.5) is 10.1 Å². The molecule has 2 heterocycles. The second kappa shape index (κ2) is 3.45. The van der Waals surface area contributed by atoms with E-state index in [0.29, 0.717) is 12.1 Å². The first-order valence-electron chi connectivity index (χ1n) is 5.95. The van der Waals surface area contributed by atoms with Crippen molar-refractivity contribution in [3.63, 3.8) is 0 Å². The van der Waals surface area contributed by atoms with Crippen molar-refractivity contribution in [2.75, 3.05) is 18.0 Å². The lowest BCUT2D eigenvalue weighted by molar-refractivity contribution is 0.425. The van der Waals surface area contributed by atoms with Crippen LogP contribution in [0, 0.1) is 12.7 Å². The van der Waals surface area contributed by atoms with Crippen LogP contribution in [0.2, 0.25) is 0 Å². The van der Waals surface area contributed by atoms with E-state index in [1.165, 1.54) is 5.56 Å². The predicted molar refractivity (Wildman–Crippen MR) is 63.4 cm³/mol. The van der Waals surface area contributed by atoms with Gasteiger partial charge < -0.3 is 10.2 Å². The van der Waals surface area contributed by atoms with Crippen molar-refractivity contribution in [1.29, 1.82) is 0 Å². The van der Waals surface area contributed by atoms with E-state index >= 15 is 0 Å². The Hall–Kier alpha value is -1.09. The standard InChI is InChI=1S/C13H17FN2/c1-8-3-4-10-5-11-7-15-6-9(2)16(11)13(10)12(8)14/h3-4,9,11,15H,5-7H2,1-2H3/t9?,11-/m0/s1. The molecule has 3 rings (SSSR count). The van der Waals surface area contributed by atoms with Gasteiger partial charge in [-0.05, 0) is 31.4 Å². The molecule has 1 aromatic rings. The third-order valence-electron chi connectivity index (χ3n) is 3.79. The lowest BCUT2D eigenvalue weighted by atomic mass is 10.1. The predicted octanol–water partition coefficient (Wildman–Crippen LogP) is 1.86. The first-order valence-corrected chi connectivity index (χ1v) is 5.95. The van der Waals surface area contributed by atoms with Crippen LogP contribution < -0.4 is 10.2 Å². The van der Waals surface area contributed by atoms with Gasteiger partial charge in [0, 0.05) is 25.2 Å². The maximum atomic E-state index is 14.2. The molecule has 2 nitrogen and oxygen atoms in total. The molecule has 1 saturated heterocycles. The van der Waals surface area contributed by atoms with Crippen molar-refractivity contribution in [1.82, 2.24) is 5.32 Å². The molecule has 0 amide bonds. The second-order valence-electron chi connectivity index (χ2n) is 4.98. The van der Waals surface area contributed by atoms with Gasteiger partial charge >= 0.3 is 0 Å². The van der Waals surface area contributed by atoms with Gasteiger partial charge in [0.2, 0.25) is 0 Å². The molecule has 1 unspecified atom stereocenters. The molecule has 86 valence electrons. The Kier molecular flexibility index (Phi) is 2.18. The SMILES string of the molecule is Cc1ccc2c(c1F)N1C(C)CNC[C@@H]1C2. The van der Waals surface area contributed by atoms with Crippen LogP contribution in [-0.2, 0) is 6.42 Å². The number of aryl methyl sites for hydroxylation is 1. The van der Waals surface area contributed by atoms with Crippen LogP contribution in [-0.4, -0.2) is 25.2 Å². The summed E-state index contributed by atoms with van der Waals surface area (Å²) in [7, 11) is 0. The van der Waals surface area contributed by atoms with Crippen molar-refractivity contribution < 1.29 is 4.39 Å². The molecular weight excluding hydrogens is 203 g/mol. The zero-order valence-electron chi connectivity index (χ0n) is 9.76. The lowest BCUT2D eigenvalue weighted by Crippen LogP contribution is -2.55. The van der Waals surface area contributed by atoms with Crippen molar-refractivity contribution in [3.05, 3.63) is 29.1 Å². The number of fused-ring (bicyclic) bond motifs is 3. The van der Waals surface area contributed by atoms with E-state index in [9.17, 15) is 4.39 Å². The van der Waals surface area contributed by atoms with Crippen molar-refractivity contribution in [2.45, 2.75) is 32.4 Å². The monoisotopic (exact) mass is 220 g/mol. The Bertz CT molecular complexity index is 430. The summed E-state index contributed by atoms with van der Waals surface area (Å²) in [6.45, 7) is 5.92. The number of hydrogen-bond donors (Lipinski definition) is 1. The number of nitrogens with one attached hydrogen (secondary N) is 1. The highest BCUT2D eigenvalue weighted by molar-refractivity contribution is 5.63. The van der Waals surface area contributed by atoms with Crippen LogP contribution in [0.15, 0.2) is 12.1 Å². The first-order chi connectivity index (χ1) is 7.68. The van der Waals surface area contributed by atoms with Gasteiger partial charge in [-0.3, -0.25) is 0 Å². The molecule has 3 heteroatoms. The Morgan fingerprint density at radius 1 is 1.38 bits per heavy atom. The molecule has 1 fully saturated rings. The molecule has 0 aliphatic carbocycles. The van der Waals surface area contributed by atoms with Crippen molar-refractivity contribution in [3.8, 4) is 0 Å². The second-order valence-corrected chi connectivity index (χ2v) is 4.98. The number of halogens is 1. The summed E-state index contributed by atoms with van der Waals surface area (Å²) in [6, 6.07) is 4.80. The van der Waals surface area contributed by atoms with Crippen LogP contribution in [0.5, 0.6) is 0 Å². The van der Waals surface area contributed by atoms with Gasteiger partial charge in [-0.2, -0.15) is 0 Å². The average molecular weight is 220 g/mol. The Labute approximate surface area is 95.4 Å². The van der Waals surface area contributed by atoms with E-state index in [0.717, 1.165) is 30.8 Å². The molecule has 0 spiro atoms. The number of hydrogen-bond acceptors (Lipinski definition) is 2. The van der Waals surface area contributed by atoms with Crippen LogP contribution >= 0.6 is 0 Å². The van der Waals surface area contributed by atoms with E-state index in [4.69, 9.17) is 0 Å². The molecule has 0 aromatic heterocycles. The summed E-state index contributed by atoms with van der Waals surface area (Å²) in [5, 5.41) is 3.41. The fourth-order valence-electron chi connectivity index (χ4n) is 2.99. The molecule has 1 aromatic carbocycles. The largest absolute Gasteiger partial charge is 0.360 e. The average Bonchev–Trinajstić information content (AvgIpc) is 2.64. The molecule has 16 heavy (non-hydrogen) atoms. The lowest BCUT2D eigenvalue weighted by Gasteiger charge is -2.38. The Morgan fingerprint density at radius 3 is 3.00 bits per heavy atom. The van der Waals surface area contributed by atoms with Gasteiger partial charge in [-0.15, -0.1) is 0 Å². The number of nitrogens with zero attached hydrogens (tertiary/aromatic N) is 1. The van der Waals surface area contributed by atoms with Gasteiger partial charge in [0.25, 0.3) is 0 Å². The fourth-order valence-corrected chi connectivity index (χ4v) is 2.99. The number of anilines is 1. The number of piperazine rings is 1. The van der Waals surface area contributed by atoms with Crippen molar-refractivity contribution in [2.24, 2.45) is 0 Å². The highest BCUT2D eigenvalue weighted by atomic mass is 19.1. The van der Waals surface area contributed by atoms with E-state index < -0.39 is 0 Å². The summed E-state index contributed by atoms with van der Waals surface area (Å²) < 4.78 is 14.2. The van der Waals surface area contributed by atoms with Gasteiger partial charge in [0.1, 0.15) is 5.82 Å². The zero-order valence-corrected chi connectivity index (χ0v) is 9.76. The summed E-state index contributed by atoms with van der Waals surface area (Å²) >= 11 is 0. The quantitative estimate of drug-likeness (QED) is 0.718. The normalized spacial score (nSPS) is 27.8. The Morgan fingerprint density at radius 2 is 2.19 bits per heavy atom. The van der Waals surface area contributed by atoms with Crippen LogP contribution in [0.3, 0.4) is 0 Å². The van der Waals surface area contributed by atoms with Crippen LogP contribution in [0.1, 0.15) is 18.1 Å². The minimum Gasteiger partial charge on any atom is -0.360 e. The molecule has 2 aliphatic heterocycles. The Balaban J connectivity index is 2.11. The van der Waals surface area contributed by atoms with Crippen molar-refractivity contribution >= 4 is 5.69 Å². The van der Waals surface area contributed by atoms with Gasteiger partial charge in [-0.25, -0.2) is 4.39 Å². The highest BCUT2D eigenvalue weighted by Gasteiger charge is 2.37. The number of benzene rings is 1. The zero-order chi connectivity index (χ0) is 11.3. The molecular formula is C13H17FN2. The molecule has 2 atom stereocenters. The first kappa shape index (κ1) is 10.1. The third-order valence-corrected chi connectivity index (χ3v) is 3.79. The fraction of sp³-hybridized carbons (Fsp3) is 0.538. The van der Waals surface area contributed by atoms with Crippen LogP contribution in [0.25, 0.3) is 0 Å². The molecule has 0 saturated carbocycles. The van der Waals surface area contributed by atoms with E-state index in [-0.39, 0.29) is 5.82 Å². The number of rotatable bonds is 0. The summed E-state index contributed by atoms with van der Waals surface area (Å²) in [6.07, 6.45) is 0.976. The highest BCUT2D eigenvalue weighted by Crippen LogP contribution is 2.38. The maximum Gasteiger partial charge on any atom is 0.149 e. The molecule has 0 bridgehead atoms. The van der Waals surface area contributed by atoms with E-state index in [1.807, 2.05) is 13.0 Å². The summed E-state index contributed by atoms with van der Waals surface area (Å²) in [5.41, 5.74) is 2.78. The molecule has 1 N–H and O–H groups in total. The molecule has 2 aliphatic rings. The van der Waals surface area contributed by atoms with Gasteiger partial charge in [-0.1, -0.05) is 12.1 Å². The van der Waals surface area contributed by atoms with E-state index in [2.05, 4.69) is 23.2 Å². The summed E-state index contributed by atoms with van der Waals surface area (Å²) in [4.78, 5) is 2.27. The van der Waals surface area contributed by atoms with E-state index in [1.54, 1.807) is 0 Å². The smallest absolute Gasteiger partial charge is 0.149 e. The third kappa shape index (κ3) is 1.27. The summed E-state index contributed by atoms with van der Waals surface area (Å²) in [5.74, 6) is -0.0197. The minimum atomic E-state index is -0.0197. The van der Waals surface area contributed by atoms with Gasteiger partial charge in [0.15, 0.2) is 0 Å². The topological polar surface area (TPSA) is 15.3 Å². The minimum absolute atomic E-state index is 0.0197. The molecule has 0 radical (unpaired) electrons.